The number of aliphatic hydroxyl groups excluding tert-OH is 1. The zero-order valence-electron chi connectivity index (χ0n) is 7.93. The van der Waals surface area contributed by atoms with Gasteiger partial charge in [0, 0.05) is 6.54 Å². The molecule has 0 saturated carbocycles. The minimum atomic E-state index is -4.18. The molecule has 0 aromatic rings. The van der Waals surface area contributed by atoms with Crippen molar-refractivity contribution >= 4 is 12.6 Å². The fourth-order valence-corrected chi connectivity index (χ4v) is 1.34. The van der Waals surface area contributed by atoms with Crippen LogP contribution in [0.5, 0.6) is 0 Å². The molecule has 0 radical (unpaired) electrons. The molecule has 0 bridgehead atoms. The summed E-state index contributed by atoms with van der Waals surface area (Å²) in [5.74, 6) is 0.680. The summed E-state index contributed by atoms with van der Waals surface area (Å²) in [6, 6.07) is 0. The molecular weight excluding hydrogens is 215 g/mol. The van der Waals surface area contributed by atoms with Crippen molar-refractivity contribution in [3.05, 3.63) is 0 Å². The van der Waals surface area contributed by atoms with E-state index in [1.165, 1.54) is 4.90 Å². The Bertz CT molecular complexity index is 143. The summed E-state index contributed by atoms with van der Waals surface area (Å²) >= 11 is 3.97. The van der Waals surface area contributed by atoms with Crippen molar-refractivity contribution in [2.24, 2.45) is 0 Å². The fourth-order valence-electron chi connectivity index (χ4n) is 1.11. The second-order valence-corrected chi connectivity index (χ2v) is 3.49. The summed E-state index contributed by atoms with van der Waals surface area (Å²) in [7, 11) is 0. The van der Waals surface area contributed by atoms with E-state index in [9.17, 15) is 13.2 Å². The van der Waals surface area contributed by atoms with Gasteiger partial charge in [-0.1, -0.05) is 0 Å². The third-order valence-corrected chi connectivity index (χ3v) is 2.02. The molecule has 0 rings (SSSR count). The van der Waals surface area contributed by atoms with E-state index in [4.69, 9.17) is 5.11 Å². The summed E-state index contributed by atoms with van der Waals surface area (Å²) in [5, 5.41) is 8.57. The molecule has 6 heteroatoms. The van der Waals surface area contributed by atoms with Gasteiger partial charge in [-0.2, -0.15) is 25.8 Å². The van der Waals surface area contributed by atoms with Crippen LogP contribution in [0.15, 0.2) is 0 Å². The number of thiol groups is 1. The second-order valence-electron chi connectivity index (χ2n) is 3.05. The Kier molecular flexibility index (Phi) is 7.40. The minimum Gasteiger partial charge on any atom is -0.395 e. The van der Waals surface area contributed by atoms with E-state index in [1.807, 2.05) is 0 Å². The highest BCUT2D eigenvalue weighted by Gasteiger charge is 2.30. The molecule has 0 heterocycles. The van der Waals surface area contributed by atoms with Crippen LogP contribution in [0.25, 0.3) is 0 Å². The Morgan fingerprint density at radius 2 is 1.79 bits per heavy atom. The van der Waals surface area contributed by atoms with E-state index >= 15 is 0 Å². The third-order valence-electron chi connectivity index (χ3n) is 1.70. The van der Waals surface area contributed by atoms with E-state index in [1.54, 1.807) is 0 Å². The number of unbranched alkanes of at least 4 members (excludes halogenated alkanes) is 1. The molecule has 0 aromatic carbocycles. The van der Waals surface area contributed by atoms with Crippen molar-refractivity contribution in [3.8, 4) is 0 Å². The zero-order chi connectivity index (χ0) is 11.0. The number of aliphatic hydroxyl groups is 1. The first kappa shape index (κ1) is 14.1. The van der Waals surface area contributed by atoms with Gasteiger partial charge in [0.15, 0.2) is 0 Å². The van der Waals surface area contributed by atoms with Gasteiger partial charge in [-0.15, -0.1) is 0 Å². The number of hydrogen-bond donors (Lipinski definition) is 2. The minimum absolute atomic E-state index is 0.0755. The predicted molar refractivity (Wildman–Crippen MR) is 52.7 cm³/mol. The maximum absolute atomic E-state index is 12.0. The average Bonchev–Trinajstić information content (AvgIpc) is 2.02. The molecule has 14 heavy (non-hydrogen) atoms. The van der Waals surface area contributed by atoms with Crippen LogP contribution in [0.4, 0.5) is 13.2 Å². The molecule has 1 N–H and O–H groups in total. The highest BCUT2D eigenvalue weighted by molar-refractivity contribution is 7.80. The normalized spacial score (nSPS) is 12.4. The Morgan fingerprint density at radius 1 is 1.14 bits per heavy atom. The van der Waals surface area contributed by atoms with Crippen LogP contribution in [-0.2, 0) is 0 Å². The molecule has 0 aliphatic carbocycles. The lowest BCUT2D eigenvalue weighted by atomic mass is 10.3. The van der Waals surface area contributed by atoms with Crippen molar-refractivity contribution < 1.29 is 18.3 Å². The van der Waals surface area contributed by atoms with Crippen LogP contribution >= 0.6 is 12.6 Å². The third kappa shape index (κ3) is 8.65. The maximum atomic E-state index is 12.0. The van der Waals surface area contributed by atoms with Crippen LogP contribution in [0.3, 0.4) is 0 Å². The van der Waals surface area contributed by atoms with Gasteiger partial charge in [0.25, 0.3) is 0 Å². The molecule has 0 aliphatic rings. The number of hydrogen-bond acceptors (Lipinski definition) is 3. The van der Waals surface area contributed by atoms with E-state index < -0.39 is 12.7 Å². The molecule has 0 amide bonds. The van der Waals surface area contributed by atoms with Crippen molar-refractivity contribution in [1.29, 1.82) is 0 Å². The first-order chi connectivity index (χ1) is 6.49. The summed E-state index contributed by atoms with van der Waals surface area (Å²) in [6.45, 7) is -0.746. The Morgan fingerprint density at radius 3 is 2.21 bits per heavy atom. The monoisotopic (exact) mass is 231 g/mol. The topological polar surface area (TPSA) is 23.5 Å². The summed E-state index contributed by atoms with van der Waals surface area (Å²) in [6.07, 6.45) is -2.71. The number of alkyl halides is 3. The predicted octanol–water partition coefficient (Wildman–Crippen LogP) is 1.55. The largest absolute Gasteiger partial charge is 0.401 e. The molecule has 0 aliphatic heterocycles. The van der Waals surface area contributed by atoms with Gasteiger partial charge in [0.05, 0.1) is 13.2 Å². The lowest BCUT2D eigenvalue weighted by molar-refractivity contribution is -0.146. The van der Waals surface area contributed by atoms with Gasteiger partial charge < -0.3 is 5.11 Å². The van der Waals surface area contributed by atoms with Crippen molar-refractivity contribution in [2.45, 2.75) is 19.0 Å². The number of nitrogens with zero attached hydrogens (tertiary/aromatic N) is 1. The fraction of sp³-hybridized carbons (Fsp3) is 1.00. The lowest BCUT2D eigenvalue weighted by Crippen LogP contribution is -2.36. The molecule has 0 atom stereocenters. The molecule has 0 unspecified atom stereocenters. The summed E-state index contributed by atoms with van der Waals surface area (Å²) in [4.78, 5) is 1.21. The Labute approximate surface area is 87.5 Å². The van der Waals surface area contributed by atoms with Gasteiger partial charge in [-0.3, -0.25) is 4.90 Å². The standard InChI is InChI=1S/C8H16F3NOS/c9-8(10,11)7-12(4-5-13)3-1-2-6-14/h13-14H,1-7H2. The van der Waals surface area contributed by atoms with Crippen molar-refractivity contribution in [1.82, 2.24) is 4.90 Å². The molecule has 0 aromatic heterocycles. The molecule has 86 valence electrons. The number of halogens is 3. The lowest BCUT2D eigenvalue weighted by Gasteiger charge is -2.22. The maximum Gasteiger partial charge on any atom is 0.401 e. The van der Waals surface area contributed by atoms with Gasteiger partial charge in [-0.05, 0) is 25.1 Å². The first-order valence-electron chi connectivity index (χ1n) is 4.50. The second kappa shape index (κ2) is 7.36. The highest BCUT2D eigenvalue weighted by Crippen LogP contribution is 2.16. The first-order valence-corrected chi connectivity index (χ1v) is 5.13. The zero-order valence-corrected chi connectivity index (χ0v) is 8.82. The molecule has 0 fully saturated rings. The van der Waals surface area contributed by atoms with Crippen LogP contribution < -0.4 is 0 Å². The van der Waals surface area contributed by atoms with Crippen LogP contribution in [0, 0.1) is 0 Å². The smallest absolute Gasteiger partial charge is 0.395 e. The Balaban J connectivity index is 3.77. The number of rotatable bonds is 7. The van der Waals surface area contributed by atoms with Crippen molar-refractivity contribution in [3.63, 3.8) is 0 Å². The van der Waals surface area contributed by atoms with E-state index in [2.05, 4.69) is 12.6 Å². The molecule has 0 spiro atoms. The molecule has 0 saturated heterocycles. The highest BCUT2D eigenvalue weighted by atomic mass is 32.1. The summed E-state index contributed by atoms with van der Waals surface area (Å²) in [5.41, 5.74) is 0. The van der Waals surface area contributed by atoms with Gasteiger partial charge in [0.2, 0.25) is 0 Å². The quantitative estimate of drug-likeness (QED) is 0.513. The SMILES string of the molecule is OCCN(CCCCS)CC(F)(F)F. The van der Waals surface area contributed by atoms with Crippen LogP contribution in [0.1, 0.15) is 12.8 Å². The molecular formula is C8H16F3NOS. The molecule has 2 nitrogen and oxygen atoms in total. The van der Waals surface area contributed by atoms with Crippen LogP contribution in [-0.4, -0.2) is 48.2 Å². The van der Waals surface area contributed by atoms with Gasteiger partial charge in [-0.25, -0.2) is 0 Å². The summed E-state index contributed by atoms with van der Waals surface area (Å²) < 4.78 is 36.0. The Hall–Kier alpha value is 0.0600. The van der Waals surface area contributed by atoms with Gasteiger partial charge >= 0.3 is 6.18 Å². The van der Waals surface area contributed by atoms with Crippen molar-refractivity contribution in [2.75, 3.05) is 32.0 Å². The van der Waals surface area contributed by atoms with E-state index in [-0.39, 0.29) is 13.2 Å². The average molecular weight is 231 g/mol. The van der Waals surface area contributed by atoms with E-state index in [0.29, 0.717) is 18.7 Å². The van der Waals surface area contributed by atoms with E-state index in [0.717, 1.165) is 6.42 Å². The van der Waals surface area contributed by atoms with Crippen LogP contribution in [0.2, 0.25) is 0 Å². The van der Waals surface area contributed by atoms with Gasteiger partial charge in [0.1, 0.15) is 0 Å².